The Morgan fingerprint density at radius 3 is 2.40 bits per heavy atom. The third-order valence-corrected chi connectivity index (χ3v) is 5.06. The average Bonchev–Trinajstić information content (AvgIpc) is 2.55. The zero-order chi connectivity index (χ0) is 18.4. The maximum atomic E-state index is 10.5. The first-order chi connectivity index (χ1) is 11.8. The van der Waals surface area contributed by atoms with Gasteiger partial charge in [-0.15, -0.1) is 0 Å². The number of hydrogen-bond donors (Lipinski definition) is 3. The average molecular weight is 384 g/mol. The Bertz CT molecular complexity index is 793. The third kappa shape index (κ3) is 6.09. The van der Waals surface area contributed by atoms with Crippen LogP contribution in [0.3, 0.4) is 0 Å². The van der Waals surface area contributed by atoms with Crippen molar-refractivity contribution >= 4 is 21.7 Å². The molecule has 0 bridgehead atoms. The van der Waals surface area contributed by atoms with Gasteiger partial charge in [0.2, 0.25) is 0 Å². The van der Waals surface area contributed by atoms with Crippen molar-refractivity contribution in [2.45, 2.75) is 36.8 Å². The second-order valence-corrected chi connectivity index (χ2v) is 7.84. The predicted octanol–water partition coefficient (Wildman–Crippen LogP) is 3.37. The van der Waals surface area contributed by atoms with Crippen LogP contribution in [0.4, 0.5) is 0 Å². The van der Waals surface area contributed by atoms with Gasteiger partial charge in [-0.3, -0.25) is 4.55 Å². The highest BCUT2D eigenvalue weighted by atomic mass is 35.5. The van der Waals surface area contributed by atoms with E-state index < -0.39 is 10.1 Å². The molecule has 0 aromatic heterocycles. The van der Waals surface area contributed by atoms with Gasteiger partial charge in [0.25, 0.3) is 10.1 Å². The van der Waals surface area contributed by atoms with Crippen molar-refractivity contribution in [2.24, 2.45) is 0 Å². The van der Waals surface area contributed by atoms with Crippen molar-refractivity contribution in [1.82, 2.24) is 5.32 Å². The van der Waals surface area contributed by atoms with E-state index in [-0.39, 0.29) is 17.0 Å². The molecule has 0 spiro atoms. The maximum Gasteiger partial charge on any atom is 0.294 e. The summed E-state index contributed by atoms with van der Waals surface area (Å²) in [6.45, 7) is 2.81. The lowest BCUT2D eigenvalue weighted by Gasteiger charge is -2.29. The van der Waals surface area contributed by atoms with Crippen LogP contribution >= 0.6 is 11.6 Å². The zero-order valence-corrected chi connectivity index (χ0v) is 15.5. The molecule has 3 rings (SSSR count). The summed E-state index contributed by atoms with van der Waals surface area (Å²) in [6, 6.07) is 13.7. The molecular weight excluding hydrogens is 362 g/mol. The van der Waals surface area contributed by atoms with Crippen LogP contribution in [0.15, 0.2) is 53.4 Å². The Balaban J connectivity index is 0.000000186. The van der Waals surface area contributed by atoms with Crippen molar-refractivity contribution < 1.29 is 18.1 Å². The van der Waals surface area contributed by atoms with Crippen LogP contribution in [-0.2, 0) is 10.1 Å². The normalized spacial score (nSPS) is 20.5. The van der Waals surface area contributed by atoms with Crippen LogP contribution < -0.4 is 5.32 Å². The van der Waals surface area contributed by atoms with Crippen molar-refractivity contribution in [3.63, 3.8) is 0 Å². The molecule has 7 heteroatoms. The summed E-state index contributed by atoms with van der Waals surface area (Å²) in [7, 11) is -4.02. The van der Waals surface area contributed by atoms with Gasteiger partial charge in [-0.1, -0.05) is 41.4 Å². The molecule has 3 N–H and O–H groups in total. The van der Waals surface area contributed by atoms with E-state index in [1.165, 1.54) is 12.1 Å². The fourth-order valence-electron chi connectivity index (χ4n) is 2.62. The highest BCUT2D eigenvalue weighted by molar-refractivity contribution is 7.85. The second-order valence-electron chi connectivity index (χ2n) is 5.98. The van der Waals surface area contributed by atoms with E-state index in [9.17, 15) is 13.5 Å². The molecule has 1 saturated heterocycles. The number of piperidine rings is 1. The van der Waals surface area contributed by atoms with Crippen LogP contribution in [0.25, 0.3) is 0 Å². The SMILES string of the molecule is Cc1ccc(S(=O)(=O)O)cc1.O[C@@H]1CCCN[C@@H]1c1cccc(Cl)c1. The van der Waals surface area contributed by atoms with Gasteiger partial charge in [0, 0.05) is 5.02 Å². The first-order valence-electron chi connectivity index (χ1n) is 7.98. The maximum absolute atomic E-state index is 10.5. The van der Waals surface area contributed by atoms with E-state index in [0.29, 0.717) is 0 Å². The highest BCUT2D eigenvalue weighted by Crippen LogP contribution is 2.25. The minimum absolute atomic E-state index is 0.0439. The summed E-state index contributed by atoms with van der Waals surface area (Å²) >= 11 is 5.90. The number of halogens is 1. The summed E-state index contributed by atoms with van der Waals surface area (Å²) in [4.78, 5) is -0.0666. The van der Waals surface area contributed by atoms with Crippen LogP contribution in [0.2, 0.25) is 5.02 Å². The zero-order valence-electron chi connectivity index (χ0n) is 13.9. The lowest BCUT2D eigenvalue weighted by Crippen LogP contribution is -2.37. The number of rotatable bonds is 2. The standard InChI is InChI=1S/C11H14ClNO.C7H8O3S/c12-9-4-1-3-8(7-9)11-10(14)5-2-6-13-11;1-6-2-4-7(5-3-6)11(8,9)10/h1,3-4,7,10-11,13-14H,2,5-6H2;2-5H,1H3,(H,8,9,10)/t10-,11-;/m1./s1. The molecule has 1 aliphatic heterocycles. The Morgan fingerprint density at radius 1 is 1.16 bits per heavy atom. The molecule has 1 heterocycles. The van der Waals surface area contributed by atoms with E-state index >= 15 is 0 Å². The summed E-state index contributed by atoms with van der Waals surface area (Å²) in [5.41, 5.74) is 2.03. The summed E-state index contributed by atoms with van der Waals surface area (Å²) in [5.74, 6) is 0. The molecule has 2 aromatic carbocycles. The molecule has 0 radical (unpaired) electrons. The molecule has 0 amide bonds. The summed E-state index contributed by atoms with van der Waals surface area (Å²) < 4.78 is 29.6. The van der Waals surface area contributed by atoms with Gasteiger partial charge in [-0.25, -0.2) is 0 Å². The first-order valence-corrected chi connectivity index (χ1v) is 9.80. The molecule has 0 saturated carbocycles. The number of aliphatic hydroxyl groups excluding tert-OH is 1. The second kappa shape index (κ2) is 8.78. The Labute approximate surface area is 153 Å². The number of hydrogen-bond acceptors (Lipinski definition) is 4. The molecule has 0 aliphatic carbocycles. The van der Waals surface area contributed by atoms with E-state index in [1.54, 1.807) is 12.1 Å². The minimum atomic E-state index is -4.02. The Morgan fingerprint density at radius 2 is 1.84 bits per heavy atom. The smallest absolute Gasteiger partial charge is 0.294 e. The first kappa shape index (κ1) is 19.9. The number of benzene rings is 2. The van der Waals surface area contributed by atoms with Crippen LogP contribution in [0.1, 0.15) is 30.0 Å². The number of aryl methyl sites for hydroxylation is 1. The molecule has 2 aromatic rings. The monoisotopic (exact) mass is 383 g/mol. The molecule has 5 nitrogen and oxygen atoms in total. The van der Waals surface area contributed by atoms with Crippen molar-refractivity contribution in [2.75, 3.05) is 6.54 Å². The number of aliphatic hydroxyl groups is 1. The molecule has 1 aliphatic rings. The van der Waals surface area contributed by atoms with Gasteiger partial charge >= 0.3 is 0 Å². The van der Waals surface area contributed by atoms with E-state index in [2.05, 4.69) is 5.32 Å². The molecule has 136 valence electrons. The minimum Gasteiger partial charge on any atom is -0.391 e. The van der Waals surface area contributed by atoms with Crippen LogP contribution in [0, 0.1) is 6.92 Å². The predicted molar refractivity (Wildman–Crippen MR) is 98.4 cm³/mol. The third-order valence-electron chi connectivity index (χ3n) is 3.95. The topological polar surface area (TPSA) is 86.6 Å². The van der Waals surface area contributed by atoms with Gasteiger partial charge in [0.05, 0.1) is 17.0 Å². The fourth-order valence-corrected chi connectivity index (χ4v) is 3.30. The summed E-state index contributed by atoms with van der Waals surface area (Å²) in [5, 5.41) is 13.8. The van der Waals surface area contributed by atoms with Crippen molar-refractivity contribution in [3.8, 4) is 0 Å². The molecule has 25 heavy (non-hydrogen) atoms. The lowest BCUT2D eigenvalue weighted by atomic mass is 9.95. The van der Waals surface area contributed by atoms with Crippen molar-refractivity contribution in [3.05, 3.63) is 64.7 Å². The van der Waals surface area contributed by atoms with E-state index in [0.717, 1.165) is 35.5 Å². The Hall–Kier alpha value is -1.44. The fraction of sp³-hybridized carbons (Fsp3) is 0.333. The Kier molecular flexibility index (Phi) is 6.98. The van der Waals surface area contributed by atoms with Gasteiger partial charge < -0.3 is 10.4 Å². The molecule has 1 fully saturated rings. The van der Waals surface area contributed by atoms with Gasteiger partial charge in [-0.05, 0) is 56.1 Å². The van der Waals surface area contributed by atoms with Gasteiger partial charge in [0.15, 0.2) is 0 Å². The largest absolute Gasteiger partial charge is 0.391 e. The summed E-state index contributed by atoms with van der Waals surface area (Å²) in [6.07, 6.45) is 1.62. The van der Waals surface area contributed by atoms with E-state index in [1.807, 2.05) is 31.2 Å². The molecule has 0 unspecified atom stereocenters. The van der Waals surface area contributed by atoms with Gasteiger partial charge in [-0.2, -0.15) is 8.42 Å². The van der Waals surface area contributed by atoms with Crippen LogP contribution in [0.5, 0.6) is 0 Å². The molecule has 2 atom stereocenters. The quantitative estimate of drug-likeness (QED) is 0.692. The van der Waals surface area contributed by atoms with E-state index in [4.69, 9.17) is 16.2 Å². The number of nitrogens with one attached hydrogen (secondary N) is 1. The molecular formula is C18H22ClNO4S. The van der Waals surface area contributed by atoms with Crippen LogP contribution in [-0.4, -0.2) is 30.7 Å². The highest BCUT2D eigenvalue weighted by Gasteiger charge is 2.23. The lowest BCUT2D eigenvalue weighted by molar-refractivity contribution is 0.0965. The van der Waals surface area contributed by atoms with Gasteiger partial charge in [0.1, 0.15) is 0 Å². The van der Waals surface area contributed by atoms with Crippen molar-refractivity contribution in [1.29, 1.82) is 0 Å².